The fraction of sp³-hybridized carbons (Fsp3) is 0.417. The Labute approximate surface area is 180 Å². The maximum absolute atomic E-state index is 12.1. The van der Waals surface area contributed by atoms with Crippen molar-refractivity contribution in [2.45, 2.75) is 26.2 Å². The zero-order valence-corrected chi connectivity index (χ0v) is 18.6. The molecule has 0 aliphatic rings. The molecule has 0 heterocycles. The van der Waals surface area contributed by atoms with Gasteiger partial charge in [-0.2, -0.15) is 0 Å². The van der Waals surface area contributed by atoms with Gasteiger partial charge in [0.05, 0.1) is 7.11 Å². The third-order valence-electron chi connectivity index (χ3n) is 4.66. The van der Waals surface area contributed by atoms with Crippen LogP contribution in [0.4, 0.5) is 0 Å². The molecule has 0 spiro atoms. The number of aliphatic imine (C=N–C) groups is 1. The van der Waals surface area contributed by atoms with Crippen molar-refractivity contribution in [1.29, 1.82) is 0 Å². The Kier molecular flexibility index (Phi) is 9.71. The molecule has 2 aromatic carbocycles. The lowest BCUT2D eigenvalue weighted by Gasteiger charge is -2.13. The summed E-state index contributed by atoms with van der Waals surface area (Å²) < 4.78 is 5.28. The van der Waals surface area contributed by atoms with Crippen molar-refractivity contribution in [3.8, 4) is 5.75 Å². The average molecular weight is 411 g/mol. The van der Waals surface area contributed by atoms with Crippen molar-refractivity contribution in [2.75, 3.05) is 40.8 Å². The van der Waals surface area contributed by atoms with E-state index in [-0.39, 0.29) is 5.91 Å². The fourth-order valence-electron chi connectivity index (χ4n) is 3.09. The summed E-state index contributed by atoms with van der Waals surface area (Å²) in [5, 5.41) is 6.67. The molecular weight excluding hydrogens is 376 g/mol. The van der Waals surface area contributed by atoms with Crippen molar-refractivity contribution >= 4 is 11.9 Å². The lowest BCUT2D eigenvalue weighted by molar-refractivity contribution is 0.0827. The Morgan fingerprint density at radius 3 is 2.47 bits per heavy atom. The summed E-state index contributed by atoms with van der Waals surface area (Å²) in [4.78, 5) is 18.4. The van der Waals surface area contributed by atoms with Crippen molar-refractivity contribution in [1.82, 2.24) is 15.5 Å². The zero-order valence-electron chi connectivity index (χ0n) is 18.6. The maximum atomic E-state index is 12.1. The third kappa shape index (κ3) is 7.78. The van der Waals surface area contributed by atoms with Crippen LogP contribution in [0.3, 0.4) is 0 Å². The molecule has 0 aliphatic carbocycles. The van der Waals surface area contributed by atoms with E-state index in [2.05, 4.69) is 34.7 Å². The van der Waals surface area contributed by atoms with Gasteiger partial charge >= 0.3 is 0 Å². The van der Waals surface area contributed by atoms with Crippen LogP contribution in [0.15, 0.2) is 53.5 Å². The molecule has 1 amide bonds. The van der Waals surface area contributed by atoms with Crippen LogP contribution in [0, 0.1) is 0 Å². The molecule has 0 aromatic heterocycles. The van der Waals surface area contributed by atoms with E-state index >= 15 is 0 Å². The van der Waals surface area contributed by atoms with Crippen LogP contribution in [-0.4, -0.2) is 57.6 Å². The highest BCUT2D eigenvalue weighted by Gasteiger charge is 2.08. The smallest absolute Gasteiger partial charge is 0.253 e. The van der Waals surface area contributed by atoms with Crippen molar-refractivity contribution in [2.24, 2.45) is 4.99 Å². The molecule has 0 unspecified atom stereocenters. The Hall–Kier alpha value is -3.02. The van der Waals surface area contributed by atoms with E-state index in [1.165, 1.54) is 5.56 Å². The number of ether oxygens (including phenoxy) is 1. The van der Waals surface area contributed by atoms with Crippen molar-refractivity contribution < 1.29 is 9.53 Å². The third-order valence-corrected chi connectivity index (χ3v) is 4.66. The number of nitrogens with one attached hydrogen (secondary N) is 2. The SMILES string of the molecule is CCNC(=NCCCc1cccc(OC)c1)NCCc1cccc(C(=O)N(C)C)c1. The summed E-state index contributed by atoms with van der Waals surface area (Å²) in [5.74, 6) is 1.74. The molecule has 162 valence electrons. The Balaban J connectivity index is 1.82. The summed E-state index contributed by atoms with van der Waals surface area (Å²) in [6.07, 6.45) is 2.76. The summed E-state index contributed by atoms with van der Waals surface area (Å²) in [6, 6.07) is 16.0. The van der Waals surface area contributed by atoms with Crippen molar-refractivity contribution in [3.63, 3.8) is 0 Å². The van der Waals surface area contributed by atoms with Gasteiger partial charge in [-0.15, -0.1) is 0 Å². The monoisotopic (exact) mass is 410 g/mol. The lowest BCUT2D eigenvalue weighted by Crippen LogP contribution is -2.38. The normalized spacial score (nSPS) is 11.1. The summed E-state index contributed by atoms with van der Waals surface area (Å²) in [5.41, 5.74) is 3.11. The van der Waals surface area contributed by atoms with Gasteiger partial charge in [0.1, 0.15) is 5.75 Å². The topological polar surface area (TPSA) is 66.0 Å². The van der Waals surface area contributed by atoms with E-state index in [1.54, 1.807) is 26.1 Å². The predicted molar refractivity (Wildman–Crippen MR) is 123 cm³/mol. The van der Waals surface area contributed by atoms with Crippen LogP contribution in [0.25, 0.3) is 0 Å². The number of guanidine groups is 1. The van der Waals surface area contributed by atoms with Crippen LogP contribution in [0.1, 0.15) is 34.8 Å². The van der Waals surface area contributed by atoms with E-state index < -0.39 is 0 Å². The number of aryl methyl sites for hydroxylation is 1. The number of carbonyl (C=O) groups excluding carboxylic acids is 1. The second-order valence-corrected chi connectivity index (χ2v) is 7.29. The first-order valence-corrected chi connectivity index (χ1v) is 10.5. The number of rotatable bonds is 10. The largest absolute Gasteiger partial charge is 0.497 e. The molecule has 0 fully saturated rings. The molecule has 0 aliphatic heterocycles. The van der Waals surface area contributed by atoms with Crippen molar-refractivity contribution in [3.05, 3.63) is 65.2 Å². The summed E-state index contributed by atoms with van der Waals surface area (Å²) in [7, 11) is 5.22. The molecular formula is C24H34N4O2. The molecule has 2 aromatic rings. The zero-order chi connectivity index (χ0) is 21.8. The van der Waals surface area contributed by atoms with Gasteiger partial charge in [-0.05, 0) is 61.6 Å². The highest BCUT2D eigenvalue weighted by molar-refractivity contribution is 5.94. The highest BCUT2D eigenvalue weighted by Crippen LogP contribution is 2.13. The van der Waals surface area contributed by atoms with Gasteiger partial charge in [-0.1, -0.05) is 24.3 Å². The van der Waals surface area contributed by atoms with E-state index in [4.69, 9.17) is 4.74 Å². The van der Waals surface area contributed by atoms with Gasteiger partial charge in [0.2, 0.25) is 0 Å². The molecule has 6 heteroatoms. The Bertz CT molecular complexity index is 833. The standard InChI is InChI=1S/C24H34N4O2/c1-5-25-24(26-15-8-11-19-10-7-13-22(18-19)30-4)27-16-14-20-9-6-12-21(17-20)23(29)28(2)3/h6-7,9-10,12-13,17-18H,5,8,11,14-16H2,1-4H3,(H2,25,26,27). The number of carbonyl (C=O) groups is 1. The van der Waals surface area contributed by atoms with Gasteiger partial charge in [0.25, 0.3) is 5.91 Å². The number of methoxy groups -OCH3 is 1. The molecule has 0 atom stereocenters. The second-order valence-electron chi connectivity index (χ2n) is 7.29. The Morgan fingerprint density at radius 1 is 1.03 bits per heavy atom. The number of hydrogen-bond donors (Lipinski definition) is 2. The molecule has 6 nitrogen and oxygen atoms in total. The lowest BCUT2D eigenvalue weighted by atomic mass is 10.1. The first-order chi connectivity index (χ1) is 14.5. The minimum atomic E-state index is 0.0238. The maximum Gasteiger partial charge on any atom is 0.253 e. The molecule has 2 N–H and O–H groups in total. The summed E-state index contributed by atoms with van der Waals surface area (Å²) in [6.45, 7) is 4.37. The molecule has 0 saturated carbocycles. The summed E-state index contributed by atoms with van der Waals surface area (Å²) >= 11 is 0. The molecule has 2 rings (SSSR count). The van der Waals surface area contributed by atoms with Crippen LogP contribution >= 0.6 is 0 Å². The average Bonchev–Trinajstić information content (AvgIpc) is 2.76. The molecule has 0 saturated heterocycles. The van der Waals surface area contributed by atoms with Gasteiger partial charge < -0.3 is 20.3 Å². The first kappa shape index (κ1) is 23.3. The van der Waals surface area contributed by atoms with Crippen LogP contribution in [-0.2, 0) is 12.8 Å². The minimum absolute atomic E-state index is 0.0238. The molecule has 0 radical (unpaired) electrons. The molecule has 0 bridgehead atoms. The predicted octanol–water partition coefficient (Wildman–Crippen LogP) is 3.13. The van der Waals surface area contributed by atoms with Crippen LogP contribution in [0.2, 0.25) is 0 Å². The van der Waals surface area contributed by atoms with Crippen LogP contribution < -0.4 is 15.4 Å². The van der Waals surface area contributed by atoms with Gasteiger partial charge in [0, 0.05) is 39.3 Å². The van der Waals surface area contributed by atoms with E-state index in [0.717, 1.165) is 61.7 Å². The van der Waals surface area contributed by atoms with Gasteiger partial charge in [-0.25, -0.2) is 0 Å². The number of benzene rings is 2. The van der Waals surface area contributed by atoms with Gasteiger partial charge in [-0.3, -0.25) is 9.79 Å². The van der Waals surface area contributed by atoms with E-state index in [1.807, 2.05) is 36.4 Å². The van der Waals surface area contributed by atoms with Gasteiger partial charge in [0.15, 0.2) is 5.96 Å². The number of amides is 1. The van der Waals surface area contributed by atoms with E-state index in [9.17, 15) is 4.79 Å². The Morgan fingerprint density at radius 2 is 1.77 bits per heavy atom. The van der Waals surface area contributed by atoms with Crippen LogP contribution in [0.5, 0.6) is 5.75 Å². The molecule has 30 heavy (non-hydrogen) atoms. The number of hydrogen-bond acceptors (Lipinski definition) is 3. The number of nitrogens with zero attached hydrogens (tertiary/aromatic N) is 2. The second kappa shape index (κ2) is 12.5. The highest BCUT2D eigenvalue weighted by atomic mass is 16.5. The minimum Gasteiger partial charge on any atom is -0.497 e. The fourth-order valence-corrected chi connectivity index (χ4v) is 3.09. The van der Waals surface area contributed by atoms with E-state index in [0.29, 0.717) is 0 Å². The quantitative estimate of drug-likeness (QED) is 0.359. The first-order valence-electron chi connectivity index (χ1n) is 10.5.